The summed E-state index contributed by atoms with van der Waals surface area (Å²) in [6.45, 7) is 9.97. The molecule has 0 bridgehead atoms. The zero-order chi connectivity index (χ0) is 19.3. The summed E-state index contributed by atoms with van der Waals surface area (Å²) >= 11 is 0. The molecule has 1 rings (SSSR count). The number of carbonyl (C=O) groups is 2. The van der Waals surface area contributed by atoms with Crippen molar-refractivity contribution in [3.8, 4) is 0 Å². The molecule has 5 nitrogen and oxygen atoms in total. The zero-order valence-corrected chi connectivity index (χ0v) is 17.5. The number of amides is 1. The average molecular weight is 366 g/mol. The average Bonchev–Trinajstić information content (AvgIpc) is 2.51. The highest BCUT2D eigenvalue weighted by Gasteiger charge is 2.52. The van der Waals surface area contributed by atoms with Crippen molar-refractivity contribution in [3.05, 3.63) is 35.9 Å². The molecular weight excluding hydrogens is 334 g/mol. The van der Waals surface area contributed by atoms with Crippen molar-refractivity contribution in [2.24, 2.45) is 5.92 Å². The minimum Gasteiger partial charge on any atom is -0.395 e. The van der Waals surface area contributed by atoms with Crippen LogP contribution in [0.3, 0.4) is 0 Å². The predicted octanol–water partition coefficient (Wildman–Crippen LogP) is 3.41. The maximum atomic E-state index is 13.4. The fourth-order valence-electron chi connectivity index (χ4n) is 2.73. The molecule has 0 spiro atoms. The SMILES string of the molecule is COCN(C)C(=O)C(O[Si](C)(C)C)(C(=O)CC(C)C)c1ccccc1. The Morgan fingerprint density at radius 2 is 1.72 bits per heavy atom. The second-order valence-electron chi connectivity index (χ2n) is 7.70. The molecule has 1 aromatic rings. The lowest BCUT2D eigenvalue weighted by Crippen LogP contribution is -2.57. The molecule has 0 N–H and O–H groups in total. The number of Topliss-reactive ketones (excluding diaryl/α,β-unsaturated/α-hetero) is 1. The van der Waals surface area contributed by atoms with Gasteiger partial charge in [0.1, 0.15) is 6.73 Å². The Morgan fingerprint density at radius 3 is 2.16 bits per heavy atom. The highest BCUT2D eigenvalue weighted by Crippen LogP contribution is 2.35. The molecule has 0 saturated heterocycles. The quantitative estimate of drug-likeness (QED) is 0.382. The maximum Gasteiger partial charge on any atom is 0.267 e. The van der Waals surface area contributed by atoms with Gasteiger partial charge in [0.25, 0.3) is 5.91 Å². The molecule has 1 aromatic carbocycles. The largest absolute Gasteiger partial charge is 0.395 e. The number of ether oxygens (including phenoxy) is 1. The van der Waals surface area contributed by atoms with Crippen LogP contribution in [-0.4, -0.2) is 45.8 Å². The number of nitrogens with zero attached hydrogens (tertiary/aromatic N) is 1. The minimum absolute atomic E-state index is 0.0947. The molecular formula is C19H31NO4Si. The number of rotatable bonds is 9. The number of likely N-dealkylation sites (N-methyl/N-ethyl adjacent to an activating group) is 1. The van der Waals surface area contributed by atoms with E-state index in [1.807, 2.05) is 51.7 Å². The smallest absolute Gasteiger partial charge is 0.267 e. The van der Waals surface area contributed by atoms with Gasteiger partial charge >= 0.3 is 0 Å². The van der Waals surface area contributed by atoms with Crippen molar-refractivity contribution in [1.82, 2.24) is 4.90 Å². The van der Waals surface area contributed by atoms with Crippen LogP contribution in [0.1, 0.15) is 25.8 Å². The molecule has 0 heterocycles. The molecule has 0 aromatic heterocycles. The Hall–Kier alpha value is -1.50. The van der Waals surface area contributed by atoms with Crippen LogP contribution in [0, 0.1) is 5.92 Å². The molecule has 140 valence electrons. The number of methoxy groups -OCH3 is 1. The molecule has 1 unspecified atom stereocenters. The maximum absolute atomic E-state index is 13.4. The van der Waals surface area contributed by atoms with Crippen molar-refractivity contribution >= 4 is 20.0 Å². The van der Waals surface area contributed by atoms with Crippen LogP contribution in [0.5, 0.6) is 0 Å². The Kier molecular flexibility index (Phi) is 7.53. The summed E-state index contributed by atoms with van der Waals surface area (Å²) in [5, 5.41) is 0. The van der Waals surface area contributed by atoms with Gasteiger partial charge in [-0.05, 0) is 31.1 Å². The number of hydrogen-bond acceptors (Lipinski definition) is 4. The van der Waals surface area contributed by atoms with E-state index in [-0.39, 0.29) is 30.8 Å². The topological polar surface area (TPSA) is 55.8 Å². The summed E-state index contributed by atoms with van der Waals surface area (Å²) in [6.07, 6.45) is 0.270. The normalized spacial score (nSPS) is 14.2. The van der Waals surface area contributed by atoms with Crippen LogP contribution in [0.25, 0.3) is 0 Å². The number of ketones is 1. The zero-order valence-electron chi connectivity index (χ0n) is 16.5. The van der Waals surface area contributed by atoms with E-state index in [2.05, 4.69) is 0 Å². The first-order valence-corrected chi connectivity index (χ1v) is 12.0. The molecule has 0 radical (unpaired) electrons. The fraction of sp³-hybridized carbons (Fsp3) is 0.579. The molecule has 0 saturated carbocycles. The van der Waals surface area contributed by atoms with Gasteiger partial charge in [-0.25, -0.2) is 0 Å². The van der Waals surface area contributed by atoms with Gasteiger partial charge in [-0.2, -0.15) is 0 Å². The molecule has 1 amide bonds. The van der Waals surface area contributed by atoms with Crippen molar-refractivity contribution in [2.45, 2.75) is 45.5 Å². The van der Waals surface area contributed by atoms with Crippen LogP contribution in [0.4, 0.5) is 0 Å². The van der Waals surface area contributed by atoms with E-state index in [0.29, 0.717) is 5.56 Å². The van der Waals surface area contributed by atoms with Gasteiger partial charge in [0.2, 0.25) is 5.60 Å². The lowest BCUT2D eigenvalue weighted by atomic mass is 9.84. The van der Waals surface area contributed by atoms with Crippen molar-refractivity contribution in [2.75, 3.05) is 20.9 Å². The van der Waals surface area contributed by atoms with E-state index < -0.39 is 13.9 Å². The van der Waals surface area contributed by atoms with Crippen LogP contribution < -0.4 is 0 Å². The van der Waals surface area contributed by atoms with E-state index in [4.69, 9.17) is 9.16 Å². The lowest BCUT2D eigenvalue weighted by Gasteiger charge is -2.39. The van der Waals surface area contributed by atoms with E-state index in [0.717, 1.165) is 0 Å². The van der Waals surface area contributed by atoms with Crippen molar-refractivity contribution in [1.29, 1.82) is 0 Å². The van der Waals surface area contributed by atoms with E-state index >= 15 is 0 Å². The van der Waals surface area contributed by atoms with Gasteiger partial charge in [0, 0.05) is 20.6 Å². The number of hydrogen-bond donors (Lipinski definition) is 0. The Bertz CT molecular complexity index is 583. The standard InChI is InChI=1S/C19H31NO4Si/c1-15(2)13-17(21)19(24-25(5,6)7,16-11-9-8-10-12-16)18(22)20(3)14-23-4/h8-12,15H,13-14H2,1-7H3. The lowest BCUT2D eigenvalue weighted by molar-refractivity contribution is -0.161. The summed E-state index contributed by atoms with van der Waals surface area (Å²) in [7, 11) is 0.912. The van der Waals surface area contributed by atoms with Crippen LogP contribution in [-0.2, 0) is 24.4 Å². The van der Waals surface area contributed by atoms with Gasteiger partial charge in [0.15, 0.2) is 14.1 Å². The Morgan fingerprint density at radius 1 is 1.16 bits per heavy atom. The Labute approximate surface area is 152 Å². The van der Waals surface area contributed by atoms with E-state index in [1.165, 1.54) is 12.0 Å². The highest BCUT2D eigenvalue weighted by atomic mass is 28.4. The first-order valence-electron chi connectivity index (χ1n) is 8.58. The second-order valence-corrected chi connectivity index (χ2v) is 12.1. The molecule has 0 aliphatic heterocycles. The van der Waals surface area contributed by atoms with Gasteiger partial charge in [-0.1, -0.05) is 44.2 Å². The summed E-state index contributed by atoms with van der Waals surface area (Å²) in [6, 6.07) is 9.08. The van der Waals surface area contributed by atoms with Crippen LogP contribution >= 0.6 is 0 Å². The third-order valence-electron chi connectivity index (χ3n) is 3.60. The molecule has 1 atom stereocenters. The number of carbonyl (C=O) groups excluding carboxylic acids is 2. The summed E-state index contributed by atoms with van der Waals surface area (Å²) in [5.41, 5.74) is -1.04. The van der Waals surface area contributed by atoms with E-state index in [9.17, 15) is 9.59 Å². The Balaban J connectivity index is 3.57. The first-order chi connectivity index (χ1) is 11.5. The number of benzene rings is 1. The van der Waals surface area contributed by atoms with Gasteiger partial charge in [0.05, 0.1) is 0 Å². The van der Waals surface area contributed by atoms with Gasteiger partial charge in [-0.15, -0.1) is 0 Å². The third kappa shape index (κ3) is 5.49. The molecule has 0 aliphatic carbocycles. The summed E-state index contributed by atoms with van der Waals surface area (Å²) in [4.78, 5) is 28.1. The second kappa shape index (κ2) is 8.74. The molecule has 0 aliphatic rings. The van der Waals surface area contributed by atoms with Gasteiger partial charge in [-0.3, -0.25) is 9.59 Å². The minimum atomic E-state index is -2.23. The van der Waals surface area contributed by atoms with E-state index in [1.54, 1.807) is 19.2 Å². The third-order valence-corrected chi connectivity index (χ3v) is 4.52. The van der Waals surface area contributed by atoms with Crippen molar-refractivity contribution < 1.29 is 18.8 Å². The van der Waals surface area contributed by atoms with Gasteiger partial charge < -0.3 is 14.1 Å². The van der Waals surface area contributed by atoms with Crippen molar-refractivity contribution in [3.63, 3.8) is 0 Å². The fourth-order valence-corrected chi connectivity index (χ4v) is 3.97. The summed E-state index contributed by atoms with van der Waals surface area (Å²) in [5.74, 6) is -0.459. The first kappa shape index (κ1) is 21.5. The molecule has 0 fully saturated rings. The molecule has 25 heavy (non-hydrogen) atoms. The molecule has 6 heteroatoms. The van der Waals surface area contributed by atoms with Crippen LogP contribution in [0.15, 0.2) is 30.3 Å². The highest BCUT2D eigenvalue weighted by molar-refractivity contribution is 6.70. The summed E-state index contributed by atoms with van der Waals surface area (Å²) < 4.78 is 11.4. The predicted molar refractivity (Wildman–Crippen MR) is 102 cm³/mol. The monoisotopic (exact) mass is 365 g/mol. The van der Waals surface area contributed by atoms with Crippen LogP contribution in [0.2, 0.25) is 19.6 Å².